The van der Waals surface area contributed by atoms with Crippen LogP contribution in [0.1, 0.15) is 0 Å². The Bertz CT molecular complexity index is 6820. The Morgan fingerprint density at radius 1 is 0.130 bits per heavy atom. The molecule has 108 heavy (non-hydrogen) atoms. The zero-order valence-electron chi connectivity index (χ0n) is 58.6. The minimum absolute atomic E-state index is 0.258. The van der Waals surface area contributed by atoms with Crippen molar-refractivity contribution in [2.24, 2.45) is 0 Å². The number of nitrogens with zero attached hydrogens (tertiary/aromatic N) is 4. The monoisotopic (exact) mass is 1380 g/mol. The van der Waals surface area contributed by atoms with Gasteiger partial charge in [-0.15, -0.1) is 0 Å². The van der Waals surface area contributed by atoms with Gasteiger partial charge in [0.05, 0.1) is 44.1 Å². The Morgan fingerprint density at radius 2 is 0.380 bits per heavy atom. The third kappa shape index (κ3) is 11.2. The zero-order valence-corrected chi connectivity index (χ0v) is 58.6. The predicted octanol–water partition coefficient (Wildman–Crippen LogP) is 27.7. The minimum atomic E-state index is -0.258. The van der Waals surface area contributed by atoms with Crippen molar-refractivity contribution in [3.63, 3.8) is 0 Å². The highest BCUT2D eigenvalue weighted by Crippen LogP contribution is 2.44. The third-order valence-corrected chi connectivity index (χ3v) is 21.5. The Kier molecular flexibility index (Phi) is 15.6. The number of hydrogen-bond acceptors (Lipinski definition) is 0. The first-order valence-electron chi connectivity index (χ1n) is 36.6. The second-order valence-corrected chi connectivity index (χ2v) is 27.9. The number of hydrogen-bond donors (Lipinski definition) is 0. The van der Waals surface area contributed by atoms with Crippen LogP contribution in [0.3, 0.4) is 0 Å². The van der Waals surface area contributed by atoms with Crippen molar-refractivity contribution in [1.29, 1.82) is 0 Å². The summed E-state index contributed by atoms with van der Waals surface area (Å²) in [6.07, 6.45) is 0. The van der Waals surface area contributed by atoms with E-state index in [1.807, 2.05) is 24.3 Å². The fourth-order valence-electron chi connectivity index (χ4n) is 16.4. The molecule has 0 fully saturated rings. The van der Waals surface area contributed by atoms with Crippen molar-refractivity contribution in [2.45, 2.75) is 0 Å². The van der Waals surface area contributed by atoms with E-state index in [0.717, 1.165) is 83.5 Å². The van der Waals surface area contributed by atoms with Crippen LogP contribution in [-0.4, -0.2) is 18.3 Å². The first-order chi connectivity index (χ1) is 53.3. The molecule has 0 atom stereocenters. The number of rotatable bonds is 11. The van der Waals surface area contributed by atoms with Gasteiger partial charge in [0.25, 0.3) is 0 Å². The number of fused-ring (bicyclic) bond motifs is 12. The number of benzene rings is 17. The standard InChI is InChI=1S/C54H36N2.C48H30F2N2/c1-5-15-37(16-6-1)40-26-29-52-49(34-40)50-35-41(38-17-7-2-8-18-38)27-30-53(50)56(52)46-32-43(39-19-9-3-10-20-39)31-44(33-46)42-25-28-48-47-23-13-14-24-51(47)55(54(48)36-42)45-21-11-4-12-22-45;49-37-20-13-31(14-21-37)34-18-25-46-43(28-34)44-29-35(32-15-22-38(50)23-16-32)19-26-47(44)52(46)40-10-6-7-33(27-40)36-17-24-42-41-11-4-5-12-45(41)51(48(42)30-36)39-8-2-1-3-9-39/h1-36H;1-30H. The summed E-state index contributed by atoms with van der Waals surface area (Å²) in [4.78, 5) is 0. The average molecular weight is 1390 g/mol. The highest BCUT2D eigenvalue weighted by Gasteiger charge is 2.22. The van der Waals surface area contributed by atoms with Gasteiger partial charge in [0.15, 0.2) is 0 Å². The Hall–Kier alpha value is -14.2. The van der Waals surface area contributed by atoms with Crippen LogP contribution in [0.5, 0.6) is 0 Å². The first kappa shape index (κ1) is 63.5. The second kappa shape index (κ2) is 26.5. The Morgan fingerprint density at radius 3 is 0.796 bits per heavy atom. The van der Waals surface area contributed by atoms with Gasteiger partial charge in [-0.2, -0.15) is 0 Å². The molecule has 21 rings (SSSR count). The summed E-state index contributed by atoms with van der Waals surface area (Å²) >= 11 is 0. The van der Waals surface area contributed by atoms with Gasteiger partial charge >= 0.3 is 0 Å². The van der Waals surface area contributed by atoms with Crippen molar-refractivity contribution >= 4 is 87.2 Å². The molecule has 4 heterocycles. The fourth-order valence-corrected chi connectivity index (χ4v) is 16.4. The van der Waals surface area contributed by atoms with Crippen LogP contribution < -0.4 is 0 Å². The highest BCUT2D eigenvalue weighted by molar-refractivity contribution is 6.15. The van der Waals surface area contributed by atoms with E-state index in [4.69, 9.17) is 0 Å². The molecule has 4 nitrogen and oxygen atoms in total. The molecule has 17 aromatic carbocycles. The molecule has 0 aliphatic rings. The summed E-state index contributed by atoms with van der Waals surface area (Å²) < 4.78 is 37.2. The van der Waals surface area contributed by atoms with E-state index >= 15 is 0 Å². The predicted molar refractivity (Wildman–Crippen MR) is 448 cm³/mol. The third-order valence-electron chi connectivity index (χ3n) is 21.5. The molecule has 0 radical (unpaired) electrons. The van der Waals surface area contributed by atoms with Crippen LogP contribution >= 0.6 is 0 Å². The molecule has 4 aromatic heterocycles. The largest absolute Gasteiger partial charge is 0.309 e. The van der Waals surface area contributed by atoms with Crippen LogP contribution in [0.15, 0.2) is 400 Å². The van der Waals surface area contributed by atoms with Gasteiger partial charge in [0.2, 0.25) is 0 Å². The molecule has 0 saturated carbocycles. The lowest BCUT2D eigenvalue weighted by Gasteiger charge is -2.15. The zero-order chi connectivity index (χ0) is 71.8. The van der Waals surface area contributed by atoms with Gasteiger partial charge in [0.1, 0.15) is 11.6 Å². The molecule has 0 amide bonds. The minimum Gasteiger partial charge on any atom is -0.309 e. The maximum atomic E-state index is 13.8. The molecule has 0 N–H and O–H groups in total. The van der Waals surface area contributed by atoms with Crippen LogP contribution in [0, 0.1) is 11.6 Å². The van der Waals surface area contributed by atoms with E-state index in [-0.39, 0.29) is 11.6 Å². The molecule has 0 saturated heterocycles. The lowest BCUT2D eigenvalue weighted by molar-refractivity contribution is 0.627. The summed E-state index contributed by atoms with van der Waals surface area (Å²) in [5, 5.41) is 9.59. The van der Waals surface area contributed by atoms with Gasteiger partial charge < -0.3 is 18.3 Å². The van der Waals surface area contributed by atoms with Gasteiger partial charge in [-0.05, 0) is 230 Å². The molecule has 0 unspecified atom stereocenters. The van der Waals surface area contributed by atoms with Crippen LogP contribution in [0.4, 0.5) is 8.78 Å². The summed E-state index contributed by atoms with van der Waals surface area (Å²) in [6.45, 7) is 0. The molecule has 0 spiro atoms. The van der Waals surface area contributed by atoms with E-state index in [2.05, 4.69) is 370 Å². The van der Waals surface area contributed by atoms with Gasteiger partial charge in [-0.1, -0.05) is 249 Å². The molecule has 0 aliphatic carbocycles. The smallest absolute Gasteiger partial charge is 0.123 e. The maximum absolute atomic E-state index is 13.8. The van der Waals surface area contributed by atoms with E-state index < -0.39 is 0 Å². The van der Waals surface area contributed by atoms with E-state index in [0.29, 0.717) is 0 Å². The topological polar surface area (TPSA) is 19.7 Å². The molecule has 6 heteroatoms. The maximum Gasteiger partial charge on any atom is 0.123 e. The molecule has 508 valence electrons. The SMILES string of the molecule is Fc1ccc(-c2ccc3c(c2)c2cc(-c4ccc(F)cc4)ccc2n3-c2cccc(-c3ccc4c5ccccc5n(-c5ccccc5)c4c3)c2)cc1.c1ccc(-c2cc(-c3ccc4c5ccccc5n(-c5ccccc5)c4c3)cc(-n3c4ccc(-c5ccccc5)cc4c4cc(-c5ccccc5)ccc43)c2)cc1. The van der Waals surface area contributed by atoms with Crippen molar-refractivity contribution in [3.05, 3.63) is 412 Å². The molecule has 21 aromatic rings. The van der Waals surface area contributed by atoms with Crippen molar-refractivity contribution in [1.82, 2.24) is 18.3 Å². The summed E-state index contributed by atoms with van der Waals surface area (Å²) in [6, 6.07) is 140. The first-order valence-corrected chi connectivity index (χ1v) is 36.6. The number of para-hydroxylation sites is 4. The van der Waals surface area contributed by atoms with Crippen LogP contribution in [0.25, 0.3) is 188 Å². The second-order valence-electron chi connectivity index (χ2n) is 27.9. The molecular formula is C102H66F2N4. The fraction of sp³-hybridized carbons (Fsp3) is 0. The summed E-state index contributed by atoms with van der Waals surface area (Å²) in [7, 11) is 0. The molecule has 0 aliphatic heterocycles. The van der Waals surface area contributed by atoms with E-state index in [1.54, 1.807) is 0 Å². The lowest BCUT2D eigenvalue weighted by atomic mass is 9.97. The van der Waals surface area contributed by atoms with Gasteiger partial charge in [-0.3, -0.25) is 0 Å². The van der Waals surface area contributed by atoms with Gasteiger partial charge in [-0.25, -0.2) is 8.78 Å². The highest BCUT2D eigenvalue weighted by atomic mass is 19.1. The molecule has 0 bridgehead atoms. The lowest BCUT2D eigenvalue weighted by Crippen LogP contribution is -1.96. The quantitative estimate of drug-likeness (QED) is 0.123. The van der Waals surface area contributed by atoms with Crippen LogP contribution in [0.2, 0.25) is 0 Å². The van der Waals surface area contributed by atoms with Crippen molar-refractivity contribution in [2.75, 3.05) is 0 Å². The van der Waals surface area contributed by atoms with E-state index in [9.17, 15) is 8.78 Å². The van der Waals surface area contributed by atoms with Crippen LogP contribution in [-0.2, 0) is 0 Å². The summed E-state index contributed by atoms with van der Waals surface area (Å²) in [5.74, 6) is -0.517. The normalized spacial score (nSPS) is 11.6. The number of halogens is 2. The Labute approximate surface area is 623 Å². The van der Waals surface area contributed by atoms with E-state index in [1.165, 1.54) is 129 Å². The van der Waals surface area contributed by atoms with Crippen molar-refractivity contribution < 1.29 is 8.78 Å². The number of aromatic nitrogens is 4. The van der Waals surface area contributed by atoms with Gasteiger partial charge in [0, 0.05) is 65.8 Å². The molecular weight excluding hydrogens is 1320 g/mol. The average Bonchev–Trinajstić information content (AvgIpc) is 1.65. The van der Waals surface area contributed by atoms with Crippen molar-refractivity contribution in [3.8, 4) is 101 Å². The Balaban J connectivity index is 0.000000143. The summed E-state index contributed by atoms with van der Waals surface area (Å²) in [5.41, 5.74) is 29.4.